The van der Waals surface area contributed by atoms with E-state index in [9.17, 15) is 35.4 Å². The minimum atomic E-state index is -1.55. The van der Waals surface area contributed by atoms with Gasteiger partial charge in [0.25, 0.3) is 0 Å². The number of hydrogen-bond donors (Lipinski definition) is 6. The van der Waals surface area contributed by atoms with E-state index in [1.165, 1.54) is 0 Å². The van der Waals surface area contributed by atoms with E-state index in [4.69, 9.17) is 9.47 Å². The van der Waals surface area contributed by atoms with Gasteiger partial charge in [-0.2, -0.15) is 0 Å². The van der Waals surface area contributed by atoms with Gasteiger partial charge < -0.3 is 40.1 Å². The van der Waals surface area contributed by atoms with Crippen LogP contribution in [0.15, 0.2) is 6.07 Å². The average Bonchev–Trinajstić information content (AvgIpc) is 2.49. The van der Waals surface area contributed by atoms with Gasteiger partial charge in [-0.05, 0) is 6.07 Å². The number of carbonyl (C=O) groups is 1. The number of fused-ring (bicyclic) bond motifs is 3. The van der Waals surface area contributed by atoms with Gasteiger partial charge in [0, 0.05) is 5.56 Å². The molecule has 0 spiro atoms. The quantitative estimate of drug-likeness (QED) is 0.268. The Bertz CT molecular complexity index is 628. The van der Waals surface area contributed by atoms with Crippen LogP contribution in [-0.2, 0) is 9.47 Å². The number of aromatic hydroxyl groups is 3. The molecule has 0 aliphatic carbocycles. The van der Waals surface area contributed by atoms with E-state index in [1.54, 1.807) is 0 Å². The van der Waals surface area contributed by atoms with Gasteiger partial charge in [0.05, 0.1) is 12.2 Å². The Morgan fingerprint density at radius 3 is 2.41 bits per heavy atom. The molecule has 120 valence electrons. The van der Waals surface area contributed by atoms with Crippen molar-refractivity contribution in [3.05, 3.63) is 17.2 Å². The number of ether oxygens (including phenoxy) is 2. The molecule has 9 nitrogen and oxygen atoms in total. The molecule has 0 saturated carbocycles. The van der Waals surface area contributed by atoms with Crippen molar-refractivity contribution in [1.29, 1.82) is 0 Å². The Morgan fingerprint density at radius 2 is 1.77 bits per heavy atom. The maximum absolute atomic E-state index is 11.9. The summed E-state index contributed by atoms with van der Waals surface area (Å²) in [5.41, 5.74) is -0.421. The largest absolute Gasteiger partial charge is 0.504 e. The first-order valence-corrected chi connectivity index (χ1v) is 6.48. The van der Waals surface area contributed by atoms with Crippen LogP contribution in [0.4, 0.5) is 0 Å². The molecule has 3 rings (SSSR count). The molecule has 0 amide bonds. The lowest BCUT2D eigenvalue weighted by Gasteiger charge is -2.44. The summed E-state index contributed by atoms with van der Waals surface area (Å²) in [4.78, 5) is 11.9. The summed E-state index contributed by atoms with van der Waals surface area (Å²) >= 11 is 0. The van der Waals surface area contributed by atoms with Gasteiger partial charge in [-0.1, -0.05) is 0 Å². The normalized spacial score (nSPS) is 33.8. The van der Waals surface area contributed by atoms with Crippen LogP contribution in [0, 0.1) is 0 Å². The minimum Gasteiger partial charge on any atom is -0.504 e. The number of aliphatic hydroxyl groups is 3. The van der Waals surface area contributed by atoms with Crippen molar-refractivity contribution in [2.45, 2.75) is 30.5 Å². The second-order valence-electron chi connectivity index (χ2n) is 5.18. The molecule has 0 aromatic heterocycles. The number of carbonyl (C=O) groups excluding carboxylic acids is 1. The van der Waals surface area contributed by atoms with Crippen molar-refractivity contribution < 1.29 is 44.9 Å². The number of aliphatic hydroxyl groups excluding tert-OH is 3. The van der Waals surface area contributed by atoms with Gasteiger partial charge in [-0.25, -0.2) is 4.79 Å². The number of phenols is 3. The lowest BCUT2D eigenvalue weighted by molar-refractivity contribution is -0.235. The summed E-state index contributed by atoms with van der Waals surface area (Å²) in [6, 6.07) is 0.900. The highest BCUT2D eigenvalue weighted by molar-refractivity contribution is 5.95. The third-order valence-corrected chi connectivity index (χ3v) is 3.91. The van der Waals surface area contributed by atoms with Gasteiger partial charge in [0.1, 0.15) is 24.4 Å². The van der Waals surface area contributed by atoms with Crippen LogP contribution < -0.4 is 0 Å². The SMILES string of the molecule is O=C1O[C@@H]2[C@@H](O)[C@H](O)[C@@H](CO)O[C@@H]2c2c1cc(O)c(O)c2O. The number of benzene rings is 1. The van der Waals surface area contributed by atoms with Crippen molar-refractivity contribution in [3.63, 3.8) is 0 Å². The fraction of sp³-hybridized carbons (Fsp3) is 0.462. The number of rotatable bonds is 1. The van der Waals surface area contributed by atoms with Crippen molar-refractivity contribution >= 4 is 5.97 Å². The number of hydrogen-bond acceptors (Lipinski definition) is 9. The van der Waals surface area contributed by atoms with E-state index in [-0.39, 0.29) is 11.1 Å². The molecule has 0 radical (unpaired) electrons. The lowest BCUT2D eigenvalue weighted by Crippen LogP contribution is -2.58. The molecule has 1 aromatic carbocycles. The zero-order chi connectivity index (χ0) is 16.2. The topological polar surface area (TPSA) is 157 Å². The van der Waals surface area contributed by atoms with Crippen molar-refractivity contribution in [1.82, 2.24) is 0 Å². The lowest BCUT2D eigenvalue weighted by atomic mass is 9.86. The van der Waals surface area contributed by atoms with Gasteiger partial charge in [-0.15, -0.1) is 0 Å². The third kappa shape index (κ3) is 1.91. The summed E-state index contributed by atoms with van der Waals surface area (Å²) in [7, 11) is 0. The minimum absolute atomic E-state index is 0.180. The van der Waals surface area contributed by atoms with Crippen molar-refractivity contribution in [2.24, 2.45) is 0 Å². The highest BCUT2D eigenvalue weighted by Crippen LogP contribution is 2.49. The molecule has 1 aromatic rings. The Hall–Kier alpha value is -2.07. The zero-order valence-electron chi connectivity index (χ0n) is 11.1. The fourth-order valence-electron chi connectivity index (χ4n) is 2.76. The van der Waals surface area contributed by atoms with Gasteiger partial charge >= 0.3 is 5.97 Å². The summed E-state index contributed by atoms with van der Waals surface area (Å²) in [5, 5.41) is 58.1. The molecule has 22 heavy (non-hydrogen) atoms. The number of phenolic OH excluding ortho intramolecular Hbond substituents is 3. The van der Waals surface area contributed by atoms with Crippen LogP contribution in [0.2, 0.25) is 0 Å². The second-order valence-corrected chi connectivity index (χ2v) is 5.18. The third-order valence-electron chi connectivity index (χ3n) is 3.91. The summed E-state index contributed by atoms with van der Waals surface area (Å²) in [6.45, 7) is -0.616. The van der Waals surface area contributed by atoms with Crippen LogP contribution in [0.5, 0.6) is 17.2 Å². The molecule has 6 N–H and O–H groups in total. The Labute approximate surface area is 123 Å². The predicted octanol–water partition coefficient (Wildman–Crippen LogP) is -1.50. The summed E-state index contributed by atoms with van der Waals surface area (Å²) in [5.74, 6) is -3.32. The molecule has 0 unspecified atom stereocenters. The van der Waals surface area contributed by atoms with Crippen LogP contribution >= 0.6 is 0 Å². The Kier molecular flexibility index (Phi) is 3.37. The summed E-state index contributed by atoms with van der Waals surface area (Å²) < 4.78 is 10.4. The standard InChI is InChI=1S/C13H14O9/c14-2-5-8(17)10(19)12-11(21-5)6-3(13(20)22-12)1-4(15)7(16)9(6)18/h1,5,8,10-12,14-19H,2H2/t5-,8-,10+,11-,12-/m1/s1. The highest BCUT2D eigenvalue weighted by atomic mass is 16.6. The summed E-state index contributed by atoms with van der Waals surface area (Å²) in [6.07, 6.45) is -6.75. The van der Waals surface area contributed by atoms with Gasteiger partial charge in [-0.3, -0.25) is 0 Å². The zero-order valence-corrected chi connectivity index (χ0v) is 11.1. The highest BCUT2D eigenvalue weighted by Gasteiger charge is 2.51. The fourth-order valence-corrected chi connectivity index (χ4v) is 2.76. The van der Waals surface area contributed by atoms with Crippen molar-refractivity contribution in [3.8, 4) is 17.2 Å². The van der Waals surface area contributed by atoms with Crippen LogP contribution in [0.25, 0.3) is 0 Å². The van der Waals surface area contributed by atoms with E-state index in [0.29, 0.717) is 0 Å². The molecule has 1 fully saturated rings. The van der Waals surface area contributed by atoms with Crippen LogP contribution in [0.1, 0.15) is 22.0 Å². The van der Waals surface area contributed by atoms with E-state index < -0.39 is 60.3 Å². The van der Waals surface area contributed by atoms with E-state index in [1.807, 2.05) is 0 Å². The monoisotopic (exact) mass is 314 g/mol. The molecule has 2 aliphatic rings. The maximum atomic E-state index is 11.9. The molecule has 2 aliphatic heterocycles. The van der Waals surface area contributed by atoms with Gasteiger partial charge in [0.2, 0.25) is 5.75 Å². The molecular formula is C13H14O9. The molecule has 9 heteroatoms. The average molecular weight is 314 g/mol. The predicted molar refractivity (Wildman–Crippen MR) is 67.4 cm³/mol. The number of esters is 1. The smallest absolute Gasteiger partial charge is 0.339 e. The molecule has 0 bridgehead atoms. The van der Waals surface area contributed by atoms with E-state index in [2.05, 4.69) is 0 Å². The van der Waals surface area contributed by atoms with E-state index >= 15 is 0 Å². The first kappa shape index (κ1) is 14.9. The van der Waals surface area contributed by atoms with E-state index in [0.717, 1.165) is 6.07 Å². The maximum Gasteiger partial charge on any atom is 0.339 e. The van der Waals surface area contributed by atoms with Crippen LogP contribution in [0.3, 0.4) is 0 Å². The Morgan fingerprint density at radius 1 is 1.09 bits per heavy atom. The molecule has 1 saturated heterocycles. The second kappa shape index (κ2) is 4.99. The molecule has 5 atom stereocenters. The first-order valence-electron chi connectivity index (χ1n) is 6.48. The van der Waals surface area contributed by atoms with Crippen molar-refractivity contribution in [2.75, 3.05) is 6.61 Å². The van der Waals surface area contributed by atoms with Gasteiger partial charge in [0.15, 0.2) is 17.6 Å². The van der Waals surface area contributed by atoms with Crippen LogP contribution in [-0.4, -0.2) is 67.6 Å². The molecular weight excluding hydrogens is 300 g/mol. The molecule has 2 heterocycles. The Balaban J connectivity index is 2.15. The first-order chi connectivity index (χ1) is 10.4.